The number of halogens is 2. The molecule has 5 aromatic rings. The minimum absolute atomic E-state index is 0.0501. The number of amides is 3. The van der Waals surface area contributed by atoms with Crippen LogP contribution < -0.4 is 21.2 Å². The second-order valence-corrected chi connectivity index (χ2v) is 17.9. The fourth-order valence-corrected chi connectivity index (χ4v) is 10.8. The lowest BCUT2D eigenvalue weighted by atomic mass is 9.81. The molecule has 4 atom stereocenters. The van der Waals surface area contributed by atoms with Crippen LogP contribution in [0.4, 0.5) is 20.3 Å². The topological polar surface area (TPSA) is 193 Å². The van der Waals surface area contributed by atoms with E-state index < -0.39 is 30.0 Å². The maximum Gasteiger partial charge on any atom is 0.329 e. The quantitative estimate of drug-likeness (QED) is 0.173. The molecule has 1 aromatic carbocycles. The van der Waals surface area contributed by atoms with Crippen molar-refractivity contribution in [2.45, 2.75) is 94.5 Å². The van der Waals surface area contributed by atoms with Gasteiger partial charge in [0.15, 0.2) is 11.3 Å². The molecule has 336 valence electrons. The van der Waals surface area contributed by atoms with Crippen molar-refractivity contribution in [1.29, 1.82) is 5.26 Å². The SMILES string of the molecule is Cn1c(=O)n(C2CCC(=O)NC2=O)c2cccc(CCCN3CCN(C(C#N)C4CCC(n5cc(NC(=O)c6cnn7ccc(N8C[C@H]9C[C@@H]8CO9)nc67)c(C(F)F)n5)CC4)CC3)c21. The molecule has 2 bridgehead atoms. The van der Waals surface area contributed by atoms with Gasteiger partial charge in [-0.3, -0.25) is 38.4 Å². The van der Waals surface area contributed by atoms with Crippen LogP contribution in [0.2, 0.25) is 0 Å². The average Bonchev–Trinajstić information content (AvgIpc) is 4.15. The molecular formula is C44H51F2N13O5. The number of imidazole rings is 1. The Morgan fingerprint density at radius 1 is 1.06 bits per heavy atom. The van der Waals surface area contributed by atoms with Gasteiger partial charge in [-0.25, -0.2) is 23.1 Å². The number of piperidine rings is 1. The monoisotopic (exact) mass is 879 g/mol. The summed E-state index contributed by atoms with van der Waals surface area (Å²) in [6.45, 7) is 5.37. The fourth-order valence-electron chi connectivity index (χ4n) is 10.8. The summed E-state index contributed by atoms with van der Waals surface area (Å²) in [5.41, 5.74) is 2.19. The van der Waals surface area contributed by atoms with Crippen LogP contribution in [0.3, 0.4) is 0 Å². The normalized spacial score (nSPS) is 24.8. The van der Waals surface area contributed by atoms with E-state index in [-0.39, 0.29) is 65.8 Å². The van der Waals surface area contributed by atoms with Crippen molar-refractivity contribution in [3.05, 3.63) is 70.2 Å². The van der Waals surface area contributed by atoms with E-state index in [1.807, 2.05) is 24.3 Å². The number of alkyl halides is 2. The van der Waals surface area contributed by atoms with Crippen molar-refractivity contribution in [2.75, 3.05) is 56.1 Å². The number of ether oxygens (including phenoxy) is 1. The van der Waals surface area contributed by atoms with Gasteiger partial charge < -0.3 is 19.9 Å². The summed E-state index contributed by atoms with van der Waals surface area (Å²) in [4.78, 5) is 62.9. The zero-order valence-electron chi connectivity index (χ0n) is 35.6. The lowest BCUT2D eigenvalue weighted by Gasteiger charge is -2.41. The van der Waals surface area contributed by atoms with E-state index in [0.29, 0.717) is 36.4 Å². The summed E-state index contributed by atoms with van der Waals surface area (Å²) in [5, 5.41) is 24.0. The van der Waals surface area contributed by atoms with Crippen LogP contribution >= 0.6 is 0 Å². The van der Waals surface area contributed by atoms with Gasteiger partial charge >= 0.3 is 5.69 Å². The Labute approximate surface area is 366 Å². The highest BCUT2D eigenvalue weighted by molar-refractivity contribution is 6.08. The Kier molecular flexibility index (Phi) is 11.2. The van der Waals surface area contributed by atoms with E-state index in [4.69, 9.17) is 9.72 Å². The number of benzene rings is 1. The Morgan fingerprint density at radius 3 is 2.59 bits per heavy atom. The van der Waals surface area contributed by atoms with Crippen LogP contribution in [-0.4, -0.2) is 125 Å². The van der Waals surface area contributed by atoms with Crippen molar-refractivity contribution >= 4 is 45.9 Å². The number of morpholine rings is 1. The third-order valence-corrected chi connectivity index (χ3v) is 14.1. The molecule has 10 rings (SSSR count). The van der Waals surface area contributed by atoms with Gasteiger partial charge in [0, 0.05) is 58.6 Å². The number of fused-ring (bicyclic) bond motifs is 4. The number of para-hydroxylation sites is 1. The molecule has 0 spiro atoms. The minimum Gasteiger partial charge on any atom is -0.374 e. The molecule has 4 saturated heterocycles. The van der Waals surface area contributed by atoms with E-state index in [9.17, 15) is 33.2 Å². The molecule has 2 unspecified atom stereocenters. The number of anilines is 2. The number of hydrogen-bond donors (Lipinski definition) is 2. The molecule has 3 amide bonds. The number of piperazine rings is 1. The first kappa shape index (κ1) is 41.9. The van der Waals surface area contributed by atoms with Gasteiger partial charge in [0.25, 0.3) is 12.3 Å². The van der Waals surface area contributed by atoms with Crippen molar-refractivity contribution in [3.8, 4) is 6.07 Å². The number of aromatic nitrogens is 7. The zero-order chi connectivity index (χ0) is 44.2. The highest BCUT2D eigenvalue weighted by Gasteiger charge is 2.40. The second-order valence-electron chi connectivity index (χ2n) is 17.9. The van der Waals surface area contributed by atoms with Crippen LogP contribution in [0, 0.1) is 17.2 Å². The van der Waals surface area contributed by atoms with Crippen LogP contribution in [0.25, 0.3) is 16.7 Å². The molecule has 1 aliphatic carbocycles. The van der Waals surface area contributed by atoms with Gasteiger partial charge in [-0.2, -0.15) is 15.5 Å². The first-order valence-electron chi connectivity index (χ1n) is 22.3. The third-order valence-electron chi connectivity index (χ3n) is 14.1. The Hall–Kier alpha value is -6.04. The van der Waals surface area contributed by atoms with E-state index in [1.54, 1.807) is 22.5 Å². The maximum atomic E-state index is 14.4. The smallest absolute Gasteiger partial charge is 0.329 e. The summed E-state index contributed by atoms with van der Waals surface area (Å²) in [5.74, 6) is -0.525. The lowest BCUT2D eigenvalue weighted by Crippen LogP contribution is -2.52. The number of hydrogen-bond acceptors (Lipinski definition) is 12. The van der Waals surface area contributed by atoms with Gasteiger partial charge in [0.1, 0.15) is 23.5 Å². The molecule has 64 heavy (non-hydrogen) atoms. The predicted octanol–water partition coefficient (Wildman–Crippen LogP) is 3.60. The number of carbonyl (C=O) groups excluding carboxylic acids is 3. The number of rotatable bonds is 12. The Morgan fingerprint density at radius 2 is 1.88 bits per heavy atom. The van der Waals surface area contributed by atoms with Gasteiger partial charge in [0.05, 0.1) is 53.8 Å². The van der Waals surface area contributed by atoms with Crippen molar-refractivity contribution < 1.29 is 27.9 Å². The van der Waals surface area contributed by atoms with Gasteiger partial charge in [0.2, 0.25) is 11.8 Å². The summed E-state index contributed by atoms with van der Waals surface area (Å²) in [6, 6.07) is 9.31. The third kappa shape index (κ3) is 7.72. The van der Waals surface area contributed by atoms with Crippen molar-refractivity contribution in [3.63, 3.8) is 0 Å². The van der Waals surface area contributed by atoms with Crippen molar-refractivity contribution in [1.82, 2.24) is 48.6 Å². The Balaban J connectivity index is 0.724. The molecule has 4 aliphatic heterocycles. The highest BCUT2D eigenvalue weighted by atomic mass is 19.3. The number of imide groups is 1. The summed E-state index contributed by atoms with van der Waals surface area (Å²) in [7, 11) is 1.72. The van der Waals surface area contributed by atoms with Crippen LogP contribution in [0.15, 0.2) is 47.7 Å². The van der Waals surface area contributed by atoms with E-state index >= 15 is 0 Å². The number of nitrogens with one attached hydrogen (secondary N) is 2. The molecule has 5 aliphatic rings. The lowest BCUT2D eigenvalue weighted by molar-refractivity contribution is -0.135. The standard InChI is InChI=1S/C44H51F2N13O5/c1-53-39-27(4-2-6-33(39)59(44(53)63)34-11-12-37(60)51-43(34)62)5-3-14-54-16-18-55(19-17-54)35(21-47)26-7-9-28(10-8-26)58-24-32(38(52-58)40(45)46)49-42(61)31-22-48-57-15-13-36(50-41(31)57)56-23-30-20-29(56)25-64-30/h2,4,6,13,15,22,24,26,28-30,34-35,40H,3,5,7-12,14,16-20,23,25H2,1H3,(H,49,61)(H,51,60,62)/t26?,28?,29-,30-,34?,35?/m1/s1. The average molecular weight is 880 g/mol. The highest BCUT2D eigenvalue weighted by Crippen LogP contribution is 2.38. The molecule has 18 nitrogen and oxygen atoms in total. The molecule has 2 N–H and O–H groups in total. The van der Waals surface area contributed by atoms with E-state index in [1.165, 1.54) is 21.5 Å². The van der Waals surface area contributed by atoms with Gasteiger partial charge in [-0.1, -0.05) is 12.1 Å². The van der Waals surface area contributed by atoms with Gasteiger partial charge in [-0.05, 0) is 81.5 Å². The first-order chi connectivity index (χ1) is 31.0. The molecule has 8 heterocycles. The molecule has 1 saturated carbocycles. The first-order valence-corrected chi connectivity index (χ1v) is 22.3. The van der Waals surface area contributed by atoms with Crippen molar-refractivity contribution in [2.24, 2.45) is 13.0 Å². The Bertz CT molecular complexity index is 2700. The largest absolute Gasteiger partial charge is 0.374 e. The molecule has 4 aromatic heterocycles. The van der Waals surface area contributed by atoms with Crippen LogP contribution in [0.1, 0.15) is 91.5 Å². The second kappa shape index (κ2) is 17.2. The fraction of sp³-hybridized carbons (Fsp3) is 0.545. The summed E-state index contributed by atoms with van der Waals surface area (Å²) < 4.78 is 40.6. The predicted molar refractivity (Wildman–Crippen MR) is 229 cm³/mol. The molecule has 5 fully saturated rings. The van der Waals surface area contributed by atoms with E-state index in [0.717, 1.165) is 82.5 Å². The van der Waals surface area contributed by atoms with E-state index in [2.05, 4.69) is 41.6 Å². The van der Waals surface area contributed by atoms with Gasteiger partial charge in [-0.15, -0.1) is 0 Å². The molecule has 0 radical (unpaired) electrons. The summed E-state index contributed by atoms with van der Waals surface area (Å²) in [6.07, 6.45) is 7.73. The zero-order valence-corrected chi connectivity index (χ0v) is 35.6. The number of nitriles is 1. The maximum absolute atomic E-state index is 14.4. The molecular weight excluding hydrogens is 829 g/mol. The van der Waals surface area contributed by atoms with Crippen LogP contribution in [-0.2, 0) is 27.8 Å². The number of carbonyl (C=O) groups is 3. The van der Waals surface area contributed by atoms with Crippen LogP contribution in [0.5, 0.6) is 0 Å². The molecule has 20 heteroatoms. The number of aryl methyl sites for hydroxylation is 2. The number of nitrogens with zero attached hydrogens (tertiary/aromatic N) is 11. The summed E-state index contributed by atoms with van der Waals surface area (Å²) >= 11 is 0. The minimum atomic E-state index is -2.90.